The summed E-state index contributed by atoms with van der Waals surface area (Å²) in [6, 6.07) is 19.4. The second kappa shape index (κ2) is 7.99. The van der Waals surface area contributed by atoms with Gasteiger partial charge in [-0.25, -0.2) is 0 Å². The summed E-state index contributed by atoms with van der Waals surface area (Å²) in [7, 11) is 0. The molecule has 2 aromatic carbocycles. The summed E-state index contributed by atoms with van der Waals surface area (Å²) in [4.78, 5) is 10.0. The third kappa shape index (κ3) is 4.20. The van der Waals surface area contributed by atoms with E-state index in [2.05, 4.69) is 53.8 Å². The van der Waals surface area contributed by atoms with Crippen LogP contribution in [0, 0.1) is 0 Å². The Kier molecular flexibility index (Phi) is 5.29. The Morgan fingerprint density at radius 3 is 2.52 bits per heavy atom. The summed E-state index contributed by atoms with van der Waals surface area (Å²) in [5.41, 5.74) is 3.65. The summed E-state index contributed by atoms with van der Waals surface area (Å²) < 4.78 is 1.06. The predicted molar refractivity (Wildman–Crippen MR) is 107 cm³/mol. The molecular formula is C21H23N3Se. The Balaban J connectivity index is 1.70. The number of anilines is 1. The van der Waals surface area contributed by atoms with Crippen molar-refractivity contribution >= 4 is 31.2 Å². The van der Waals surface area contributed by atoms with E-state index >= 15 is 0 Å². The zero-order valence-electron chi connectivity index (χ0n) is 14.3. The van der Waals surface area contributed by atoms with Crippen LogP contribution in [0.2, 0.25) is 0 Å². The van der Waals surface area contributed by atoms with Gasteiger partial charge in [0.15, 0.2) is 0 Å². The molecule has 1 aliphatic carbocycles. The van der Waals surface area contributed by atoms with Crippen molar-refractivity contribution in [2.24, 2.45) is 9.98 Å². The van der Waals surface area contributed by atoms with Crippen LogP contribution < -0.4 is 5.32 Å². The van der Waals surface area contributed by atoms with Gasteiger partial charge in [-0.15, -0.1) is 0 Å². The van der Waals surface area contributed by atoms with Crippen LogP contribution in [-0.4, -0.2) is 31.6 Å². The van der Waals surface area contributed by atoms with E-state index in [0.717, 1.165) is 21.5 Å². The van der Waals surface area contributed by atoms with Crippen LogP contribution in [0.4, 0.5) is 5.69 Å². The van der Waals surface area contributed by atoms with Crippen LogP contribution in [-0.2, 0) is 5.32 Å². The molecule has 0 unspecified atom stereocenters. The van der Waals surface area contributed by atoms with Gasteiger partial charge in [0.2, 0.25) is 0 Å². The molecule has 1 fully saturated rings. The van der Waals surface area contributed by atoms with Crippen molar-refractivity contribution in [2.45, 2.75) is 43.5 Å². The van der Waals surface area contributed by atoms with Gasteiger partial charge < -0.3 is 0 Å². The van der Waals surface area contributed by atoms with Crippen molar-refractivity contribution in [2.75, 3.05) is 5.32 Å². The number of amidine groups is 2. The number of hydrogen-bond donors (Lipinski definition) is 1. The first kappa shape index (κ1) is 16.6. The minimum atomic E-state index is 0.273. The number of rotatable bonds is 2. The Labute approximate surface area is 155 Å². The van der Waals surface area contributed by atoms with E-state index in [9.17, 15) is 0 Å². The average molecular weight is 396 g/mol. The molecular weight excluding hydrogens is 373 g/mol. The molecule has 1 saturated carbocycles. The average Bonchev–Trinajstić information content (AvgIpc) is 2.66. The van der Waals surface area contributed by atoms with Crippen LogP contribution in [0.5, 0.6) is 0 Å². The summed E-state index contributed by atoms with van der Waals surface area (Å²) in [6.07, 6.45) is 6.43. The molecule has 0 aromatic heterocycles. The molecule has 128 valence electrons. The molecule has 4 heteroatoms. The molecule has 2 aliphatic rings. The van der Waals surface area contributed by atoms with E-state index in [1.807, 2.05) is 6.07 Å². The van der Waals surface area contributed by atoms with Crippen molar-refractivity contribution in [3.05, 3.63) is 65.7 Å². The van der Waals surface area contributed by atoms with Crippen molar-refractivity contribution in [3.63, 3.8) is 0 Å². The van der Waals surface area contributed by atoms with Crippen LogP contribution in [0.3, 0.4) is 0 Å². The molecule has 0 atom stereocenters. The first-order valence-corrected chi connectivity index (χ1v) is 11.1. The molecule has 1 N–H and O–H groups in total. The van der Waals surface area contributed by atoms with Gasteiger partial charge in [-0.2, -0.15) is 0 Å². The summed E-state index contributed by atoms with van der Waals surface area (Å²) in [6.45, 7) is 0. The number of hydrogen-bond acceptors (Lipinski definition) is 2. The molecule has 1 aliphatic heterocycles. The molecule has 0 bridgehead atoms. The maximum absolute atomic E-state index is 5.06. The van der Waals surface area contributed by atoms with Gasteiger partial charge >= 0.3 is 156 Å². The fourth-order valence-corrected chi connectivity index (χ4v) is 5.28. The topological polar surface area (TPSA) is 36.8 Å². The van der Waals surface area contributed by atoms with E-state index in [1.165, 1.54) is 43.4 Å². The van der Waals surface area contributed by atoms with Crippen LogP contribution >= 0.6 is 0 Å². The normalized spacial score (nSPS) is 22.2. The first-order chi connectivity index (χ1) is 12.4. The van der Waals surface area contributed by atoms with E-state index in [0.29, 0.717) is 6.04 Å². The molecule has 0 radical (unpaired) electrons. The van der Waals surface area contributed by atoms with E-state index in [1.54, 1.807) is 0 Å². The Bertz CT molecular complexity index is 777. The Morgan fingerprint density at radius 1 is 0.920 bits per heavy atom. The zero-order chi connectivity index (χ0) is 16.9. The number of aliphatic imine (C=N–C) groups is 2. The van der Waals surface area contributed by atoms with Crippen molar-refractivity contribution in [1.82, 2.24) is 0 Å². The SMILES string of the molecule is c1ccc(/C2=N/C(=NC3CCCCC3)[Se]Cc3ccccc3N2)cc1. The fourth-order valence-electron chi connectivity index (χ4n) is 3.36. The summed E-state index contributed by atoms with van der Waals surface area (Å²) in [5, 5.41) is 4.61. The maximum atomic E-state index is 5.06. The zero-order valence-corrected chi connectivity index (χ0v) is 16.0. The van der Waals surface area contributed by atoms with Gasteiger partial charge in [0, 0.05) is 0 Å². The monoisotopic (exact) mass is 397 g/mol. The number of fused-ring (bicyclic) bond motifs is 1. The second-order valence-electron chi connectivity index (χ2n) is 6.60. The van der Waals surface area contributed by atoms with Crippen LogP contribution in [0.1, 0.15) is 43.2 Å². The van der Waals surface area contributed by atoms with Gasteiger partial charge in [0.05, 0.1) is 0 Å². The van der Waals surface area contributed by atoms with Gasteiger partial charge in [-0.3, -0.25) is 0 Å². The van der Waals surface area contributed by atoms with Crippen LogP contribution in [0.25, 0.3) is 0 Å². The third-order valence-corrected chi connectivity index (χ3v) is 6.66. The minimum absolute atomic E-state index is 0.273. The van der Waals surface area contributed by atoms with Gasteiger partial charge in [0.25, 0.3) is 0 Å². The Morgan fingerprint density at radius 2 is 1.68 bits per heavy atom. The molecule has 0 spiro atoms. The standard InChI is InChI=1S/C21H23N3Se/c1-3-9-16(10-4-1)20-23-19-14-8-7-11-17(19)15-25-21(24-20)22-18-12-5-2-6-13-18/h1,3-4,7-11,14,18H,2,5-6,12-13,15H2,(H,22,23,24). The van der Waals surface area contributed by atoms with E-state index < -0.39 is 0 Å². The molecule has 2 aromatic rings. The Hall–Kier alpha value is -1.90. The molecule has 0 amide bonds. The molecule has 3 nitrogen and oxygen atoms in total. The molecule has 0 saturated heterocycles. The quantitative estimate of drug-likeness (QED) is 0.748. The first-order valence-electron chi connectivity index (χ1n) is 9.08. The molecule has 4 rings (SSSR count). The molecule has 25 heavy (non-hydrogen) atoms. The van der Waals surface area contributed by atoms with Crippen LogP contribution in [0.15, 0.2) is 64.6 Å². The fraction of sp³-hybridized carbons (Fsp3) is 0.333. The van der Waals surface area contributed by atoms with E-state index in [-0.39, 0.29) is 15.0 Å². The van der Waals surface area contributed by atoms with Crippen molar-refractivity contribution < 1.29 is 0 Å². The summed E-state index contributed by atoms with van der Waals surface area (Å²) >= 11 is 0.273. The number of nitrogens with one attached hydrogen (secondary N) is 1. The number of benzene rings is 2. The van der Waals surface area contributed by atoms with Gasteiger partial charge in [0.1, 0.15) is 0 Å². The second-order valence-corrected chi connectivity index (χ2v) is 8.58. The van der Waals surface area contributed by atoms with Gasteiger partial charge in [-0.05, 0) is 0 Å². The van der Waals surface area contributed by atoms with Gasteiger partial charge in [-0.1, -0.05) is 0 Å². The summed E-state index contributed by atoms with van der Waals surface area (Å²) in [5.74, 6) is 0.921. The number of nitrogens with zero attached hydrogens (tertiary/aromatic N) is 2. The van der Waals surface area contributed by atoms with Crippen molar-refractivity contribution in [1.29, 1.82) is 0 Å². The third-order valence-electron chi connectivity index (χ3n) is 4.75. The molecule has 1 heterocycles. The van der Waals surface area contributed by atoms with E-state index in [4.69, 9.17) is 9.98 Å². The number of para-hydroxylation sites is 1. The van der Waals surface area contributed by atoms with Crippen molar-refractivity contribution in [3.8, 4) is 0 Å². The predicted octanol–water partition coefficient (Wildman–Crippen LogP) is 4.45.